The fourth-order valence-corrected chi connectivity index (χ4v) is 4.29. The Hall–Kier alpha value is -3.23. The molecule has 2 aliphatic rings. The number of amides is 1. The van der Waals surface area contributed by atoms with Crippen LogP contribution in [-0.2, 0) is 19.0 Å². The lowest BCUT2D eigenvalue weighted by Gasteiger charge is -2.27. The fraction of sp³-hybridized carbons (Fsp3) is 0.444. The number of benzene rings is 2. The summed E-state index contributed by atoms with van der Waals surface area (Å²) in [5, 5.41) is 9.96. The molecule has 4 rings (SSSR count). The van der Waals surface area contributed by atoms with Gasteiger partial charge in [0.05, 0.1) is 17.2 Å². The van der Waals surface area contributed by atoms with Crippen LogP contribution in [0.25, 0.3) is 0 Å². The van der Waals surface area contributed by atoms with Crippen molar-refractivity contribution in [2.24, 2.45) is 0 Å². The van der Waals surface area contributed by atoms with Gasteiger partial charge in [0, 0.05) is 19.4 Å². The molecule has 1 amide bonds. The summed E-state index contributed by atoms with van der Waals surface area (Å²) in [6, 6.07) is 14.1. The Labute approximate surface area is 204 Å². The van der Waals surface area contributed by atoms with Crippen LogP contribution in [0.3, 0.4) is 0 Å². The summed E-state index contributed by atoms with van der Waals surface area (Å²) in [5.41, 5.74) is 2.87. The Morgan fingerprint density at radius 1 is 0.971 bits per heavy atom. The van der Waals surface area contributed by atoms with Crippen LogP contribution in [0.5, 0.6) is 0 Å². The molecule has 1 N–H and O–H groups in total. The summed E-state index contributed by atoms with van der Waals surface area (Å²) in [6.07, 6.45) is -1.27. The van der Waals surface area contributed by atoms with Gasteiger partial charge >= 0.3 is 11.9 Å². The van der Waals surface area contributed by atoms with E-state index in [-0.39, 0.29) is 25.4 Å². The normalized spacial score (nSPS) is 24.7. The molecule has 0 saturated carbocycles. The van der Waals surface area contributed by atoms with Crippen molar-refractivity contribution in [3.05, 3.63) is 70.8 Å². The summed E-state index contributed by atoms with van der Waals surface area (Å²) in [5.74, 6) is -1.13. The molecule has 0 aliphatic carbocycles. The number of carbonyl (C=O) groups is 3. The smallest absolute Gasteiger partial charge is 0.338 e. The number of hydrogen-bond donors (Lipinski definition) is 1. The number of aryl methyl sites for hydroxylation is 2. The van der Waals surface area contributed by atoms with E-state index < -0.39 is 36.5 Å². The van der Waals surface area contributed by atoms with E-state index in [1.54, 1.807) is 29.2 Å². The lowest BCUT2D eigenvalue weighted by Crippen LogP contribution is -2.40. The average molecular weight is 482 g/mol. The van der Waals surface area contributed by atoms with Gasteiger partial charge in [-0.25, -0.2) is 9.59 Å². The Morgan fingerprint density at radius 3 is 2.20 bits per heavy atom. The summed E-state index contributed by atoms with van der Waals surface area (Å²) in [7, 11) is 0. The molecule has 0 aromatic heterocycles. The number of aliphatic hydroxyl groups excluding tert-OH is 1. The second-order valence-corrected chi connectivity index (χ2v) is 9.21. The third-order valence-electron chi connectivity index (χ3n) is 6.45. The van der Waals surface area contributed by atoms with Crippen molar-refractivity contribution < 1.29 is 33.7 Å². The molecule has 0 radical (unpaired) electrons. The van der Waals surface area contributed by atoms with Gasteiger partial charge in [-0.15, -0.1) is 0 Å². The first-order chi connectivity index (χ1) is 16.8. The maximum absolute atomic E-state index is 12.8. The highest BCUT2D eigenvalue weighted by Crippen LogP contribution is 2.29. The molecular weight excluding hydrogens is 450 g/mol. The Kier molecular flexibility index (Phi) is 7.83. The van der Waals surface area contributed by atoms with Crippen molar-refractivity contribution in [3.8, 4) is 0 Å². The van der Waals surface area contributed by atoms with Gasteiger partial charge in [0.25, 0.3) is 0 Å². The predicted molar refractivity (Wildman–Crippen MR) is 127 cm³/mol. The molecule has 0 unspecified atom stereocenters. The van der Waals surface area contributed by atoms with Crippen molar-refractivity contribution in [1.29, 1.82) is 0 Å². The molecular formula is C27H31NO7. The summed E-state index contributed by atoms with van der Waals surface area (Å²) in [4.78, 5) is 39.6. The predicted octanol–water partition coefficient (Wildman–Crippen LogP) is 3.17. The van der Waals surface area contributed by atoms with Crippen LogP contribution >= 0.6 is 0 Å². The van der Waals surface area contributed by atoms with Gasteiger partial charge in [0.15, 0.2) is 0 Å². The molecule has 2 aromatic rings. The molecule has 2 saturated heterocycles. The van der Waals surface area contributed by atoms with Crippen LogP contribution in [0.1, 0.15) is 57.5 Å². The third kappa shape index (κ3) is 6.26. The van der Waals surface area contributed by atoms with E-state index in [2.05, 4.69) is 0 Å². The maximum atomic E-state index is 12.8. The minimum Gasteiger partial charge on any atom is -0.459 e. The lowest BCUT2D eigenvalue weighted by atomic mass is 10.1. The van der Waals surface area contributed by atoms with Gasteiger partial charge < -0.3 is 24.2 Å². The summed E-state index contributed by atoms with van der Waals surface area (Å²) >= 11 is 0. The maximum Gasteiger partial charge on any atom is 0.338 e. The van der Waals surface area contributed by atoms with Crippen molar-refractivity contribution in [1.82, 2.24) is 4.90 Å². The van der Waals surface area contributed by atoms with Crippen LogP contribution in [0.15, 0.2) is 48.5 Å². The van der Waals surface area contributed by atoms with Crippen LogP contribution in [0.2, 0.25) is 0 Å². The molecule has 0 bridgehead atoms. The minimum atomic E-state index is -0.732. The minimum absolute atomic E-state index is 0.118. The van der Waals surface area contributed by atoms with Crippen molar-refractivity contribution >= 4 is 17.8 Å². The zero-order chi connectivity index (χ0) is 24.9. The Morgan fingerprint density at radius 2 is 1.57 bits per heavy atom. The number of hydrogen-bond acceptors (Lipinski definition) is 7. The molecule has 2 fully saturated rings. The van der Waals surface area contributed by atoms with E-state index in [0.717, 1.165) is 11.1 Å². The van der Waals surface area contributed by atoms with E-state index in [1.165, 1.54) is 0 Å². The van der Waals surface area contributed by atoms with Gasteiger partial charge in [-0.05, 0) is 51.0 Å². The molecule has 2 aromatic carbocycles. The average Bonchev–Trinajstić information content (AvgIpc) is 3.15. The highest BCUT2D eigenvalue weighted by atomic mass is 16.6. The molecule has 0 spiro atoms. The van der Waals surface area contributed by atoms with Crippen LogP contribution in [-0.4, -0.2) is 65.5 Å². The molecule has 35 heavy (non-hydrogen) atoms. The molecule has 4 atom stereocenters. The Bertz CT molecular complexity index is 1050. The van der Waals surface area contributed by atoms with Crippen LogP contribution in [0.4, 0.5) is 0 Å². The highest BCUT2D eigenvalue weighted by Gasteiger charge is 2.43. The number of rotatable bonds is 6. The lowest BCUT2D eigenvalue weighted by molar-refractivity contribution is -0.146. The molecule has 8 nitrogen and oxygen atoms in total. The van der Waals surface area contributed by atoms with Gasteiger partial charge in [-0.2, -0.15) is 0 Å². The number of aliphatic hydroxyl groups is 1. The molecule has 2 heterocycles. The van der Waals surface area contributed by atoms with Crippen molar-refractivity contribution in [2.45, 2.75) is 64.1 Å². The number of carbonyl (C=O) groups excluding carboxylic acids is 3. The quantitative estimate of drug-likeness (QED) is 0.632. The van der Waals surface area contributed by atoms with Crippen LogP contribution < -0.4 is 0 Å². The van der Waals surface area contributed by atoms with E-state index in [0.29, 0.717) is 30.5 Å². The third-order valence-corrected chi connectivity index (χ3v) is 6.45. The number of likely N-dealkylation sites (tertiary alicyclic amines) is 1. The van der Waals surface area contributed by atoms with Crippen LogP contribution in [0, 0.1) is 13.8 Å². The van der Waals surface area contributed by atoms with E-state index in [9.17, 15) is 19.5 Å². The zero-order valence-electron chi connectivity index (χ0n) is 20.0. The monoisotopic (exact) mass is 481 g/mol. The SMILES string of the molecule is Cc1ccc(C(=O)OC[C@H]2O[C@H](N3CC[C@H](O)CCC3=O)C[C@@H]2OC(=O)c2ccc(C)cc2)cc1. The summed E-state index contributed by atoms with van der Waals surface area (Å²) in [6.45, 7) is 4.08. The summed E-state index contributed by atoms with van der Waals surface area (Å²) < 4.78 is 17.4. The zero-order valence-corrected chi connectivity index (χ0v) is 20.0. The molecule has 186 valence electrons. The number of nitrogens with zero attached hydrogens (tertiary/aromatic N) is 1. The first-order valence-corrected chi connectivity index (χ1v) is 11.9. The number of esters is 2. The van der Waals surface area contributed by atoms with E-state index >= 15 is 0 Å². The van der Waals surface area contributed by atoms with Gasteiger partial charge in [0.1, 0.15) is 25.0 Å². The molecule has 2 aliphatic heterocycles. The van der Waals surface area contributed by atoms with Gasteiger partial charge in [-0.1, -0.05) is 35.4 Å². The van der Waals surface area contributed by atoms with Gasteiger partial charge in [0.2, 0.25) is 5.91 Å². The van der Waals surface area contributed by atoms with Crippen molar-refractivity contribution in [2.75, 3.05) is 13.2 Å². The first kappa shape index (κ1) is 24.9. The fourth-order valence-electron chi connectivity index (χ4n) is 4.29. The van der Waals surface area contributed by atoms with E-state index in [4.69, 9.17) is 14.2 Å². The van der Waals surface area contributed by atoms with Gasteiger partial charge in [-0.3, -0.25) is 4.79 Å². The first-order valence-electron chi connectivity index (χ1n) is 11.9. The number of ether oxygens (including phenoxy) is 3. The largest absolute Gasteiger partial charge is 0.459 e. The Balaban J connectivity index is 1.46. The second kappa shape index (κ2) is 11.0. The second-order valence-electron chi connectivity index (χ2n) is 9.21. The van der Waals surface area contributed by atoms with E-state index in [1.807, 2.05) is 38.1 Å². The highest BCUT2D eigenvalue weighted by molar-refractivity contribution is 5.90. The topological polar surface area (TPSA) is 102 Å². The van der Waals surface area contributed by atoms with Crippen molar-refractivity contribution in [3.63, 3.8) is 0 Å². The molecule has 8 heteroatoms. The standard InChI is InChI=1S/C27H31NO7/c1-17-3-7-19(8-4-17)26(31)33-16-23-22(35-27(32)20-9-5-18(2)6-10-20)15-25(34-23)28-14-13-21(29)11-12-24(28)30/h3-10,21-23,25,29H,11-16H2,1-2H3/t21-,22+,23-,25+/m1/s1.